The molecule has 26 heavy (non-hydrogen) atoms. The quantitative estimate of drug-likeness (QED) is 0.807. The zero-order valence-corrected chi connectivity index (χ0v) is 16.5. The molecule has 0 bridgehead atoms. The van der Waals surface area contributed by atoms with Gasteiger partial charge in [0.05, 0.1) is 18.5 Å². The molecule has 5 nitrogen and oxygen atoms in total. The molecule has 0 saturated carbocycles. The smallest absolute Gasteiger partial charge is 0.251 e. The Morgan fingerprint density at radius 3 is 2.15 bits per heavy atom. The third-order valence-electron chi connectivity index (χ3n) is 4.25. The number of amides is 1. The monoisotopic (exact) mass is 374 g/mol. The molecule has 0 aliphatic heterocycles. The highest BCUT2D eigenvalue weighted by Crippen LogP contribution is 2.21. The van der Waals surface area contributed by atoms with Crippen molar-refractivity contribution < 1.29 is 13.2 Å². The summed E-state index contributed by atoms with van der Waals surface area (Å²) in [6, 6.07) is 14.5. The molecule has 0 radical (unpaired) electrons. The van der Waals surface area contributed by atoms with Gasteiger partial charge in [-0.1, -0.05) is 36.8 Å². The van der Waals surface area contributed by atoms with Crippen molar-refractivity contribution in [1.82, 2.24) is 5.32 Å². The average Bonchev–Trinajstić information content (AvgIpc) is 2.60. The number of carbonyl (C=O) groups excluding carboxylic acids is 1. The van der Waals surface area contributed by atoms with E-state index in [9.17, 15) is 13.2 Å². The summed E-state index contributed by atoms with van der Waals surface area (Å²) in [7, 11) is -3.45. The van der Waals surface area contributed by atoms with E-state index in [-0.39, 0.29) is 18.5 Å². The maximum absolute atomic E-state index is 12.3. The average molecular weight is 375 g/mol. The topological polar surface area (TPSA) is 66.5 Å². The highest BCUT2D eigenvalue weighted by atomic mass is 32.2. The van der Waals surface area contributed by atoms with E-state index >= 15 is 0 Å². The molecule has 1 N–H and O–H groups in total. The van der Waals surface area contributed by atoms with E-state index in [1.165, 1.54) is 10.6 Å². The third kappa shape index (κ3) is 5.33. The third-order valence-corrected chi connectivity index (χ3v) is 5.40. The van der Waals surface area contributed by atoms with Crippen molar-refractivity contribution in [2.75, 3.05) is 10.6 Å². The Morgan fingerprint density at radius 1 is 1.08 bits per heavy atom. The number of nitrogens with one attached hydrogen (secondary N) is 1. The van der Waals surface area contributed by atoms with Gasteiger partial charge in [-0.25, -0.2) is 8.42 Å². The summed E-state index contributed by atoms with van der Waals surface area (Å²) in [5, 5.41) is 2.90. The van der Waals surface area contributed by atoms with Gasteiger partial charge >= 0.3 is 0 Å². The van der Waals surface area contributed by atoms with E-state index in [0.717, 1.165) is 17.5 Å². The Balaban J connectivity index is 2.23. The number of aryl methyl sites for hydroxylation is 1. The van der Waals surface area contributed by atoms with Crippen molar-refractivity contribution in [3.8, 4) is 0 Å². The second kappa shape index (κ2) is 8.36. The van der Waals surface area contributed by atoms with E-state index < -0.39 is 10.0 Å². The van der Waals surface area contributed by atoms with E-state index in [0.29, 0.717) is 11.3 Å². The van der Waals surface area contributed by atoms with Gasteiger partial charge in [0.1, 0.15) is 0 Å². The summed E-state index contributed by atoms with van der Waals surface area (Å²) in [5.41, 5.74) is 3.07. The largest absolute Gasteiger partial charge is 0.350 e. The van der Waals surface area contributed by atoms with Gasteiger partial charge in [0.15, 0.2) is 0 Å². The van der Waals surface area contributed by atoms with Crippen molar-refractivity contribution in [3.05, 3.63) is 65.2 Å². The van der Waals surface area contributed by atoms with Crippen LogP contribution in [0.3, 0.4) is 0 Å². The molecular formula is C20H26N2O3S. The molecule has 2 rings (SSSR count). The molecule has 0 aliphatic rings. The summed E-state index contributed by atoms with van der Waals surface area (Å²) in [5.74, 6) is -0.157. The molecule has 0 unspecified atom stereocenters. The molecule has 0 spiro atoms. The molecule has 140 valence electrons. The van der Waals surface area contributed by atoms with Crippen LogP contribution in [0.1, 0.15) is 41.8 Å². The fourth-order valence-corrected chi connectivity index (χ4v) is 3.34. The summed E-state index contributed by atoms with van der Waals surface area (Å²) in [6.45, 7) is 6.18. The van der Waals surface area contributed by atoms with Crippen LogP contribution in [0.15, 0.2) is 48.5 Å². The second-order valence-electron chi connectivity index (χ2n) is 6.58. The summed E-state index contributed by atoms with van der Waals surface area (Å²) in [6.07, 6.45) is 2.03. The number of hydrogen-bond donors (Lipinski definition) is 1. The Bertz CT molecular complexity index is 844. The van der Waals surface area contributed by atoms with Crippen molar-refractivity contribution in [2.45, 2.75) is 39.8 Å². The molecular weight excluding hydrogens is 348 g/mol. The summed E-state index contributed by atoms with van der Waals surface area (Å²) >= 11 is 0. The Kier molecular flexibility index (Phi) is 6.42. The molecule has 1 atom stereocenters. The molecule has 0 fully saturated rings. The van der Waals surface area contributed by atoms with Crippen LogP contribution >= 0.6 is 0 Å². The Labute approximate surface area is 156 Å². The van der Waals surface area contributed by atoms with Gasteiger partial charge in [0.25, 0.3) is 5.91 Å². The fourth-order valence-electron chi connectivity index (χ4n) is 2.45. The minimum absolute atomic E-state index is 0.0937. The van der Waals surface area contributed by atoms with Crippen molar-refractivity contribution in [1.29, 1.82) is 0 Å². The van der Waals surface area contributed by atoms with E-state index in [1.54, 1.807) is 24.3 Å². The van der Waals surface area contributed by atoms with E-state index in [2.05, 4.69) is 5.32 Å². The first-order chi connectivity index (χ1) is 12.2. The molecule has 0 saturated heterocycles. The molecule has 0 aliphatic carbocycles. The Morgan fingerprint density at radius 2 is 1.65 bits per heavy atom. The van der Waals surface area contributed by atoms with Gasteiger partial charge in [-0.3, -0.25) is 9.10 Å². The van der Waals surface area contributed by atoms with Crippen LogP contribution in [-0.4, -0.2) is 26.6 Å². The first-order valence-electron chi connectivity index (χ1n) is 8.65. The van der Waals surface area contributed by atoms with Gasteiger partial charge in [-0.15, -0.1) is 0 Å². The van der Waals surface area contributed by atoms with E-state index in [1.807, 2.05) is 45.0 Å². The number of rotatable bonds is 7. The highest BCUT2D eigenvalue weighted by Gasteiger charge is 2.18. The van der Waals surface area contributed by atoms with Gasteiger partial charge in [0, 0.05) is 11.6 Å². The molecule has 0 heterocycles. The highest BCUT2D eigenvalue weighted by molar-refractivity contribution is 7.92. The first-order valence-corrected chi connectivity index (χ1v) is 10.5. The number of benzene rings is 2. The van der Waals surface area contributed by atoms with Crippen LogP contribution < -0.4 is 9.62 Å². The Hall–Kier alpha value is -2.34. The van der Waals surface area contributed by atoms with Crippen LogP contribution in [0, 0.1) is 6.92 Å². The number of carbonyl (C=O) groups is 1. The normalized spacial score (nSPS) is 12.5. The molecule has 6 heteroatoms. The van der Waals surface area contributed by atoms with Gasteiger partial charge in [-0.2, -0.15) is 0 Å². The second-order valence-corrected chi connectivity index (χ2v) is 8.49. The van der Waals surface area contributed by atoms with Crippen LogP contribution in [0.5, 0.6) is 0 Å². The molecule has 0 aromatic heterocycles. The number of hydrogen-bond acceptors (Lipinski definition) is 3. The zero-order chi connectivity index (χ0) is 19.3. The lowest BCUT2D eigenvalue weighted by Crippen LogP contribution is -2.32. The minimum atomic E-state index is -3.45. The molecule has 2 aromatic rings. The predicted molar refractivity (Wildman–Crippen MR) is 106 cm³/mol. The lowest BCUT2D eigenvalue weighted by Gasteiger charge is -2.23. The van der Waals surface area contributed by atoms with Crippen molar-refractivity contribution in [2.24, 2.45) is 0 Å². The maximum Gasteiger partial charge on any atom is 0.251 e. The lowest BCUT2D eigenvalue weighted by atomic mass is 10.1. The standard InChI is InChI=1S/C20H26N2O3S/c1-5-16(3)21-20(23)18-10-12-19(13-11-18)22(26(4,24)25)14-17-8-6-15(2)7-9-17/h6-13,16H,5,14H2,1-4H3,(H,21,23)/t16-/m0/s1. The molecule has 2 aromatic carbocycles. The number of sulfonamides is 1. The lowest BCUT2D eigenvalue weighted by molar-refractivity contribution is 0.0939. The van der Waals surface area contributed by atoms with Crippen LogP contribution in [0.25, 0.3) is 0 Å². The van der Waals surface area contributed by atoms with Gasteiger partial charge in [-0.05, 0) is 50.1 Å². The van der Waals surface area contributed by atoms with Crippen LogP contribution in [0.4, 0.5) is 5.69 Å². The number of anilines is 1. The number of nitrogens with zero attached hydrogens (tertiary/aromatic N) is 1. The van der Waals surface area contributed by atoms with Crippen LogP contribution in [-0.2, 0) is 16.6 Å². The summed E-state index contributed by atoms with van der Waals surface area (Å²) < 4.78 is 25.8. The predicted octanol–water partition coefficient (Wildman–Crippen LogP) is 3.49. The summed E-state index contributed by atoms with van der Waals surface area (Å²) in [4.78, 5) is 12.2. The fraction of sp³-hybridized carbons (Fsp3) is 0.350. The van der Waals surface area contributed by atoms with Gasteiger partial charge in [0.2, 0.25) is 10.0 Å². The van der Waals surface area contributed by atoms with Crippen LogP contribution in [0.2, 0.25) is 0 Å². The van der Waals surface area contributed by atoms with Crippen molar-refractivity contribution in [3.63, 3.8) is 0 Å². The molecule has 1 amide bonds. The minimum Gasteiger partial charge on any atom is -0.350 e. The van der Waals surface area contributed by atoms with Gasteiger partial charge < -0.3 is 5.32 Å². The maximum atomic E-state index is 12.3. The van der Waals surface area contributed by atoms with Crippen molar-refractivity contribution >= 4 is 21.6 Å². The SMILES string of the molecule is CC[C@H](C)NC(=O)c1ccc(N(Cc2ccc(C)cc2)S(C)(=O)=O)cc1. The first kappa shape index (κ1) is 20.0. The van der Waals surface area contributed by atoms with E-state index in [4.69, 9.17) is 0 Å². The zero-order valence-electron chi connectivity index (χ0n) is 15.7.